The second-order valence-electron chi connectivity index (χ2n) is 3.58. The molecule has 1 unspecified atom stereocenters. The molecule has 1 atom stereocenters. The van der Waals surface area contributed by atoms with E-state index >= 15 is 0 Å². The molecule has 0 aromatic rings. The normalized spacial score (nSPS) is 13.6. The Morgan fingerprint density at radius 2 is 1.85 bits per heavy atom. The SMILES string of the molecule is CCCCC(CC)N(C)OCCC. The van der Waals surface area contributed by atoms with E-state index in [0.29, 0.717) is 6.04 Å². The lowest BCUT2D eigenvalue weighted by molar-refractivity contribution is -0.169. The minimum atomic E-state index is 0.603. The van der Waals surface area contributed by atoms with Gasteiger partial charge < -0.3 is 0 Å². The lowest BCUT2D eigenvalue weighted by Gasteiger charge is -2.26. The van der Waals surface area contributed by atoms with Gasteiger partial charge in [0, 0.05) is 13.1 Å². The zero-order valence-electron chi connectivity index (χ0n) is 9.68. The molecule has 0 heterocycles. The van der Waals surface area contributed by atoms with Gasteiger partial charge in [0.1, 0.15) is 0 Å². The van der Waals surface area contributed by atoms with Crippen LogP contribution in [0.25, 0.3) is 0 Å². The molecule has 0 radical (unpaired) electrons. The molecule has 0 aromatic heterocycles. The first-order valence-electron chi connectivity index (χ1n) is 5.61. The highest BCUT2D eigenvalue weighted by Gasteiger charge is 2.11. The molecule has 0 fully saturated rings. The Hall–Kier alpha value is -0.0800. The van der Waals surface area contributed by atoms with Gasteiger partial charge in [0.2, 0.25) is 0 Å². The Bertz CT molecular complexity index is 106. The number of unbranched alkanes of at least 4 members (excludes halogenated alkanes) is 1. The van der Waals surface area contributed by atoms with E-state index < -0.39 is 0 Å². The van der Waals surface area contributed by atoms with Crippen LogP contribution in [-0.4, -0.2) is 24.8 Å². The molecule has 0 rings (SSSR count). The van der Waals surface area contributed by atoms with Gasteiger partial charge in [-0.1, -0.05) is 33.6 Å². The van der Waals surface area contributed by atoms with Crippen LogP contribution in [0.3, 0.4) is 0 Å². The largest absolute Gasteiger partial charge is 0.299 e. The summed E-state index contributed by atoms with van der Waals surface area (Å²) < 4.78 is 0. The fourth-order valence-corrected chi connectivity index (χ4v) is 1.42. The Morgan fingerprint density at radius 1 is 1.15 bits per heavy atom. The fraction of sp³-hybridized carbons (Fsp3) is 1.00. The van der Waals surface area contributed by atoms with Crippen LogP contribution in [0, 0.1) is 0 Å². The van der Waals surface area contributed by atoms with E-state index in [9.17, 15) is 0 Å². The summed E-state index contributed by atoms with van der Waals surface area (Å²) in [7, 11) is 2.06. The van der Waals surface area contributed by atoms with Crippen molar-refractivity contribution in [3.63, 3.8) is 0 Å². The fourth-order valence-electron chi connectivity index (χ4n) is 1.42. The van der Waals surface area contributed by atoms with Gasteiger partial charge in [-0.25, -0.2) is 0 Å². The highest BCUT2D eigenvalue weighted by atomic mass is 16.7. The molecule has 13 heavy (non-hydrogen) atoms. The molecule has 0 amide bonds. The molecule has 0 aliphatic heterocycles. The third-order valence-corrected chi connectivity index (χ3v) is 2.38. The molecule has 0 aliphatic rings. The van der Waals surface area contributed by atoms with Gasteiger partial charge in [-0.15, -0.1) is 0 Å². The van der Waals surface area contributed by atoms with Gasteiger partial charge in [0.05, 0.1) is 6.61 Å². The standard InChI is InChI=1S/C11H25NO/c1-5-8-9-11(7-3)12(4)13-10-6-2/h11H,5-10H2,1-4H3. The first-order valence-corrected chi connectivity index (χ1v) is 5.61. The molecular weight excluding hydrogens is 162 g/mol. The molecule has 2 heteroatoms. The Kier molecular flexibility index (Phi) is 8.46. The van der Waals surface area contributed by atoms with Crippen molar-refractivity contribution in [2.75, 3.05) is 13.7 Å². The van der Waals surface area contributed by atoms with Crippen molar-refractivity contribution < 1.29 is 4.84 Å². The first-order chi connectivity index (χ1) is 6.26. The van der Waals surface area contributed by atoms with Crippen molar-refractivity contribution in [2.45, 2.75) is 58.9 Å². The molecular formula is C11H25NO. The van der Waals surface area contributed by atoms with Crippen LogP contribution < -0.4 is 0 Å². The van der Waals surface area contributed by atoms with Crippen LogP contribution in [0.15, 0.2) is 0 Å². The molecule has 2 nitrogen and oxygen atoms in total. The van der Waals surface area contributed by atoms with E-state index in [2.05, 4.69) is 27.8 Å². The van der Waals surface area contributed by atoms with Crippen LogP contribution in [0.5, 0.6) is 0 Å². The summed E-state index contributed by atoms with van der Waals surface area (Å²) in [6.07, 6.45) is 6.11. The van der Waals surface area contributed by atoms with E-state index in [0.717, 1.165) is 13.0 Å². The minimum Gasteiger partial charge on any atom is -0.299 e. The summed E-state index contributed by atoms with van der Waals surface area (Å²) >= 11 is 0. The third kappa shape index (κ3) is 6.05. The van der Waals surface area contributed by atoms with Crippen molar-refractivity contribution in [3.8, 4) is 0 Å². The second-order valence-corrected chi connectivity index (χ2v) is 3.58. The first kappa shape index (κ1) is 12.9. The maximum Gasteiger partial charge on any atom is 0.0682 e. The van der Waals surface area contributed by atoms with Gasteiger partial charge in [-0.3, -0.25) is 4.84 Å². The predicted molar refractivity (Wildman–Crippen MR) is 57.6 cm³/mol. The van der Waals surface area contributed by atoms with Crippen molar-refractivity contribution in [1.82, 2.24) is 5.06 Å². The summed E-state index contributed by atoms with van der Waals surface area (Å²) in [5, 5.41) is 2.04. The number of hydrogen-bond donors (Lipinski definition) is 0. The van der Waals surface area contributed by atoms with Crippen molar-refractivity contribution in [3.05, 3.63) is 0 Å². The molecule has 0 N–H and O–H groups in total. The van der Waals surface area contributed by atoms with E-state index in [1.165, 1.54) is 25.7 Å². The average Bonchev–Trinajstić information content (AvgIpc) is 2.16. The molecule has 0 aliphatic carbocycles. The summed E-state index contributed by atoms with van der Waals surface area (Å²) in [4.78, 5) is 5.57. The summed E-state index contributed by atoms with van der Waals surface area (Å²) in [6, 6.07) is 0.603. The van der Waals surface area contributed by atoms with Crippen LogP contribution in [0.4, 0.5) is 0 Å². The molecule has 0 saturated carbocycles. The highest BCUT2D eigenvalue weighted by molar-refractivity contribution is 4.60. The smallest absolute Gasteiger partial charge is 0.0682 e. The quantitative estimate of drug-likeness (QED) is 0.541. The summed E-state index contributed by atoms with van der Waals surface area (Å²) in [5.74, 6) is 0. The van der Waals surface area contributed by atoms with Gasteiger partial charge in [0.25, 0.3) is 0 Å². The average molecular weight is 187 g/mol. The van der Waals surface area contributed by atoms with Crippen LogP contribution in [-0.2, 0) is 4.84 Å². The maximum atomic E-state index is 5.57. The van der Waals surface area contributed by atoms with E-state index in [4.69, 9.17) is 4.84 Å². The van der Waals surface area contributed by atoms with E-state index in [1.54, 1.807) is 0 Å². The molecule has 0 aromatic carbocycles. The Labute approximate surface area is 83.2 Å². The zero-order chi connectivity index (χ0) is 10.1. The highest BCUT2D eigenvalue weighted by Crippen LogP contribution is 2.11. The van der Waals surface area contributed by atoms with Crippen LogP contribution in [0.2, 0.25) is 0 Å². The zero-order valence-corrected chi connectivity index (χ0v) is 9.68. The van der Waals surface area contributed by atoms with Crippen molar-refractivity contribution >= 4 is 0 Å². The van der Waals surface area contributed by atoms with E-state index in [-0.39, 0.29) is 0 Å². The molecule has 0 bridgehead atoms. The Morgan fingerprint density at radius 3 is 2.31 bits per heavy atom. The molecule has 0 spiro atoms. The van der Waals surface area contributed by atoms with E-state index in [1.807, 2.05) is 5.06 Å². The van der Waals surface area contributed by atoms with Crippen LogP contribution in [0.1, 0.15) is 52.9 Å². The van der Waals surface area contributed by atoms with Crippen molar-refractivity contribution in [1.29, 1.82) is 0 Å². The minimum absolute atomic E-state index is 0.603. The van der Waals surface area contributed by atoms with Gasteiger partial charge in [-0.2, -0.15) is 5.06 Å². The maximum absolute atomic E-state index is 5.57. The lowest BCUT2D eigenvalue weighted by Crippen LogP contribution is -2.31. The predicted octanol–water partition coefficient (Wildman–Crippen LogP) is 3.23. The topological polar surface area (TPSA) is 12.5 Å². The lowest BCUT2D eigenvalue weighted by atomic mass is 10.1. The van der Waals surface area contributed by atoms with Gasteiger partial charge in [0.15, 0.2) is 0 Å². The van der Waals surface area contributed by atoms with Gasteiger partial charge in [-0.05, 0) is 19.3 Å². The monoisotopic (exact) mass is 187 g/mol. The molecule has 0 saturated heterocycles. The number of hydrogen-bond acceptors (Lipinski definition) is 2. The molecule has 80 valence electrons. The summed E-state index contributed by atoms with van der Waals surface area (Å²) in [6.45, 7) is 7.45. The summed E-state index contributed by atoms with van der Waals surface area (Å²) in [5.41, 5.74) is 0. The third-order valence-electron chi connectivity index (χ3n) is 2.38. The van der Waals surface area contributed by atoms with Gasteiger partial charge >= 0.3 is 0 Å². The number of nitrogens with zero attached hydrogens (tertiary/aromatic N) is 1. The number of rotatable bonds is 8. The Balaban J connectivity index is 3.63. The van der Waals surface area contributed by atoms with Crippen molar-refractivity contribution in [2.24, 2.45) is 0 Å². The second kappa shape index (κ2) is 8.52. The van der Waals surface area contributed by atoms with Crippen LogP contribution >= 0.6 is 0 Å². The number of hydroxylamine groups is 2.